The van der Waals surface area contributed by atoms with Crippen molar-refractivity contribution in [2.45, 2.75) is 32.2 Å². The first kappa shape index (κ1) is 21.0. The van der Waals surface area contributed by atoms with Crippen LogP contribution in [-0.2, 0) is 6.54 Å². The zero-order valence-corrected chi connectivity index (χ0v) is 18.9. The van der Waals surface area contributed by atoms with Crippen molar-refractivity contribution < 1.29 is 13.5 Å². The number of nitrogens with zero attached hydrogens (tertiary/aromatic N) is 5. The molecule has 0 spiro atoms. The Balaban J connectivity index is 1.26. The lowest BCUT2D eigenvalue weighted by Crippen LogP contribution is -2.37. The van der Waals surface area contributed by atoms with Gasteiger partial charge in [0.05, 0.1) is 28.3 Å². The maximum Gasteiger partial charge on any atom is 0.248 e. The van der Waals surface area contributed by atoms with Gasteiger partial charge in [0.2, 0.25) is 5.92 Å². The molecule has 1 aliphatic rings. The van der Waals surface area contributed by atoms with E-state index in [2.05, 4.69) is 25.0 Å². The Kier molecular flexibility index (Phi) is 4.77. The number of ether oxygens (including phenoxy) is 1. The summed E-state index contributed by atoms with van der Waals surface area (Å²) in [6.45, 7) is 2.34. The molecule has 0 bridgehead atoms. The topological polar surface area (TPSA) is 81.5 Å². The number of aromatic amines is 1. The number of fused-ring (bicyclic) bond motifs is 2. The monoisotopic (exact) mass is 480 g/mol. The lowest BCUT2D eigenvalue weighted by molar-refractivity contribution is -0.114. The molecular formula is C24H19ClF2N6O. The number of aryl methyl sites for hydroxylation is 1. The van der Waals surface area contributed by atoms with Gasteiger partial charge in [0, 0.05) is 43.3 Å². The van der Waals surface area contributed by atoms with E-state index in [0.29, 0.717) is 40.3 Å². The van der Waals surface area contributed by atoms with E-state index in [4.69, 9.17) is 16.3 Å². The summed E-state index contributed by atoms with van der Waals surface area (Å²) >= 11 is 6.41. The molecule has 3 aromatic heterocycles. The van der Waals surface area contributed by atoms with Crippen molar-refractivity contribution >= 4 is 33.7 Å². The standard InChI is InChI=1S/C24H19ClF2N6O/c1-13-29-18-4-2-16(6-20(18)30-13)34-17-3-5-19-21(7-17)31-22(23(25)32-19)15-10-28-33(12-15)11-14-8-24(26,27)9-14/h2-7,10,12,14H,8-9,11H2,1H3,(H,29,30). The number of rotatable bonds is 5. The number of hydrogen-bond acceptors (Lipinski definition) is 5. The zero-order chi connectivity index (χ0) is 23.4. The number of halogens is 3. The summed E-state index contributed by atoms with van der Waals surface area (Å²) in [5, 5.41) is 4.54. The van der Waals surface area contributed by atoms with Crippen molar-refractivity contribution in [1.29, 1.82) is 0 Å². The summed E-state index contributed by atoms with van der Waals surface area (Å²) in [6, 6.07) is 11.1. The minimum absolute atomic E-state index is 0.0782. The normalized spacial score (nSPS) is 15.6. The lowest BCUT2D eigenvalue weighted by Gasteiger charge is -2.34. The zero-order valence-electron chi connectivity index (χ0n) is 18.1. The lowest BCUT2D eigenvalue weighted by atomic mass is 9.81. The van der Waals surface area contributed by atoms with Gasteiger partial charge in [-0.2, -0.15) is 5.10 Å². The van der Waals surface area contributed by atoms with Gasteiger partial charge in [-0.1, -0.05) is 11.6 Å². The molecule has 2 aromatic carbocycles. The summed E-state index contributed by atoms with van der Waals surface area (Å²) in [5.41, 5.74) is 4.17. The van der Waals surface area contributed by atoms with Crippen molar-refractivity contribution in [3.63, 3.8) is 0 Å². The third-order valence-corrected chi connectivity index (χ3v) is 6.19. The van der Waals surface area contributed by atoms with Gasteiger partial charge in [0.1, 0.15) is 23.0 Å². The van der Waals surface area contributed by atoms with Gasteiger partial charge in [0.15, 0.2) is 5.15 Å². The fraction of sp³-hybridized carbons (Fsp3) is 0.250. The highest BCUT2D eigenvalue weighted by Crippen LogP contribution is 2.43. The first-order valence-electron chi connectivity index (χ1n) is 10.8. The molecular weight excluding hydrogens is 462 g/mol. The molecule has 0 aliphatic heterocycles. The molecule has 1 aliphatic carbocycles. The highest BCUT2D eigenvalue weighted by atomic mass is 35.5. The molecule has 0 unspecified atom stereocenters. The van der Waals surface area contributed by atoms with Gasteiger partial charge in [-0.05, 0) is 37.1 Å². The van der Waals surface area contributed by atoms with Gasteiger partial charge in [0.25, 0.3) is 0 Å². The fourth-order valence-corrected chi connectivity index (χ4v) is 4.58. The van der Waals surface area contributed by atoms with Crippen LogP contribution in [0.1, 0.15) is 18.7 Å². The molecule has 0 radical (unpaired) electrons. The highest BCUT2D eigenvalue weighted by molar-refractivity contribution is 6.32. The highest BCUT2D eigenvalue weighted by Gasteiger charge is 2.45. The molecule has 3 heterocycles. The van der Waals surface area contributed by atoms with Crippen LogP contribution in [0.25, 0.3) is 33.3 Å². The second-order valence-electron chi connectivity index (χ2n) is 8.70. The molecule has 0 amide bonds. The molecule has 10 heteroatoms. The molecule has 34 heavy (non-hydrogen) atoms. The Hall–Kier alpha value is -3.59. The van der Waals surface area contributed by atoms with E-state index in [-0.39, 0.29) is 23.9 Å². The average molecular weight is 481 g/mol. The minimum atomic E-state index is -2.55. The Morgan fingerprint density at radius 3 is 2.62 bits per heavy atom. The number of benzene rings is 2. The number of aromatic nitrogens is 6. The Labute approximate surface area is 197 Å². The Bertz CT molecular complexity index is 1540. The maximum atomic E-state index is 13.1. The van der Waals surface area contributed by atoms with Gasteiger partial charge in [-0.25, -0.2) is 23.7 Å². The molecule has 1 saturated carbocycles. The first-order chi connectivity index (χ1) is 16.3. The van der Waals surface area contributed by atoms with E-state index in [9.17, 15) is 8.78 Å². The average Bonchev–Trinajstić information content (AvgIpc) is 3.37. The predicted molar refractivity (Wildman–Crippen MR) is 124 cm³/mol. The Morgan fingerprint density at radius 2 is 1.82 bits per heavy atom. The molecule has 7 nitrogen and oxygen atoms in total. The van der Waals surface area contributed by atoms with Crippen molar-refractivity contribution in [2.75, 3.05) is 0 Å². The molecule has 1 fully saturated rings. The summed E-state index contributed by atoms with van der Waals surface area (Å²) in [6.07, 6.45) is 3.18. The van der Waals surface area contributed by atoms with Crippen LogP contribution in [0.3, 0.4) is 0 Å². The van der Waals surface area contributed by atoms with Crippen molar-refractivity contribution in [3.8, 4) is 22.8 Å². The molecule has 1 N–H and O–H groups in total. The SMILES string of the molecule is Cc1nc2ccc(Oc3ccc4nc(Cl)c(-c5cnn(CC6CC(F)(F)C6)c5)nc4c3)cc2[nH]1. The van der Waals surface area contributed by atoms with Gasteiger partial charge < -0.3 is 9.72 Å². The number of imidazole rings is 1. The van der Waals surface area contributed by atoms with Crippen LogP contribution < -0.4 is 4.74 Å². The second kappa shape index (κ2) is 7.73. The number of H-pyrrole nitrogens is 1. The van der Waals surface area contributed by atoms with Crippen LogP contribution in [-0.4, -0.2) is 35.6 Å². The molecule has 0 saturated heterocycles. The van der Waals surface area contributed by atoms with Gasteiger partial charge in [-0.15, -0.1) is 0 Å². The third-order valence-electron chi connectivity index (χ3n) is 5.93. The largest absolute Gasteiger partial charge is 0.457 e. The molecule has 0 atom stereocenters. The summed E-state index contributed by atoms with van der Waals surface area (Å²) in [7, 11) is 0. The van der Waals surface area contributed by atoms with Crippen LogP contribution in [0.2, 0.25) is 5.15 Å². The predicted octanol–water partition coefficient (Wildman–Crippen LogP) is 6.17. The van der Waals surface area contributed by atoms with E-state index in [1.807, 2.05) is 31.2 Å². The van der Waals surface area contributed by atoms with Crippen LogP contribution in [0.15, 0.2) is 48.8 Å². The smallest absolute Gasteiger partial charge is 0.248 e. The van der Waals surface area contributed by atoms with Crippen LogP contribution in [0, 0.1) is 12.8 Å². The quantitative estimate of drug-likeness (QED) is 0.325. The van der Waals surface area contributed by atoms with Crippen LogP contribution >= 0.6 is 11.6 Å². The summed E-state index contributed by atoms with van der Waals surface area (Å²) in [4.78, 5) is 16.7. The van der Waals surface area contributed by atoms with E-state index in [0.717, 1.165) is 16.9 Å². The van der Waals surface area contributed by atoms with Crippen LogP contribution in [0.4, 0.5) is 8.78 Å². The van der Waals surface area contributed by atoms with Crippen molar-refractivity contribution in [2.24, 2.45) is 5.92 Å². The molecule has 172 valence electrons. The molecule has 6 rings (SSSR count). The minimum Gasteiger partial charge on any atom is -0.457 e. The first-order valence-corrected chi connectivity index (χ1v) is 11.2. The second-order valence-corrected chi connectivity index (χ2v) is 9.06. The van der Waals surface area contributed by atoms with Crippen molar-refractivity contribution in [1.82, 2.24) is 29.7 Å². The third kappa shape index (κ3) is 3.96. The number of hydrogen-bond donors (Lipinski definition) is 1. The summed E-state index contributed by atoms with van der Waals surface area (Å²) in [5.74, 6) is -0.513. The Morgan fingerprint density at radius 1 is 1.06 bits per heavy atom. The maximum absolute atomic E-state index is 13.1. The van der Waals surface area contributed by atoms with E-state index in [1.54, 1.807) is 29.2 Å². The van der Waals surface area contributed by atoms with E-state index in [1.165, 1.54) is 0 Å². The van der Waals surface area contributed by atoms with E-state index >= 15 is 0 Å². The van der Waals surface area contributed by atoms with Gasteiger partial charge >= 0.3 is 0 Å². The van der Waals surface area contributed by atoms with Crippen molar-refractivity contribution in [3.05, 3.63) is 59.8 Å². The van der Waals surface area contributed by atoms with Gasteiger partial charge in [-0.3, -0.25) is 4.68 Å². The number of nitrogens with one attached hydrogen (secondary N) is 1. The summed E-state index contributed by atoms with van der Waals surface area (Å²) < 4.78 is 33.9. The fourth-order valence-electron chi connectivity index (χ4n) is 4.34. The number of alkyl halides is 2. The van der Waals surface area contributed by atoms with Crippen LogP contribution in [0.5, 0.6) is 11.5 Å². The van der Waals surface area contributed by atoms with E-state index < -0.39 is 5.92 Å². The molecule has 5 aromatic rings.